The normalized spacial score (nSPS) is 12.2. The fourth-order valence-electron chi connectivity index (χ4n) is 10.7. The van der Waals surface area contributed by atoms with Gasteiger partial charge in [0.1, 0.15) is 0 Å². The quantitative estimate of drug-likeness (QED) is 0.0473. The molecular weight excluding hydrogens is 997 g/mol. The van der Waals surface area contributed by atoms with Crippen LogP contribution in [0.25, 0.3) is 0 Å². The van der Waals surface area contributed by atoms with Gasteiger partial charge >= 0.3 is 0 Å². The van der Waals surface area contributed by atoms with E-state index in [4.69, 9.17) is 0 Å². The molecule has 0 saturated heterocycles. The fourth-order valence-corrected chi connectivity index (χ4v) is 11.9. The minimum atomic E-state index is -5.43. The van der Waals surface area contributed by atoms with Gasteiger partial charge in [0.2, 0.25) is 0 Å². The summed E-state index contributed by atoms with van der Waals surface area (Å²) in [5, 5.41) is 0. The van der Waals surface area contributed by atoms with Gasteiger partial charge in [0.05, 0.1) is 105 Å². The highest BCUT2D eigenvalue weighted by molar-refractivity contribution is 7.62. The zero-order valence-electron chi connectivity index (χ0n) is 55.6. The van der Waals surface area contributed by atoms with Crippen LogP contribution in [0.4, 0.5) is 0 Å². The number of nitrogens with zero attached hydrogens (tertiary/aromatic N) is 4. The molecule has 0 radical (unpaired) electrons. The summed E-state index contributed by atoms with van der Waals surface area (Å²) < 4.78 is 24.6. The highest BCUT2D eigenvalue weighted by atomic mass is 31.3. The molecule has 13 heteroatoms. The molecule has 0 saturated carbocycles. The van der Waals surface area contributed by atoms with E-state index in [1.165, 1.54) is 328 Å². The first-order valence-corrected chi connectivity index (χ1v) is 37.0. The lowest BCUT2D eigenvalue weighted by Gasteiger charge is -2.41. The molecule has 0 aromatic carbocycles. The molecule has 0 aliphatic heterocycles. The van der Waals surface area contributed by atoms with Gasteiger partial charge in [-0.3, -0.25) is 4.86 Å². The van der Waals surface area contributed by atoms with Crippen LogP contribution >= 0.6 is 15.5 Å². The lowest BCUT2D eigenvalue weighted by atomic mass is 10.1. The van der Waals surface area contributed by atoms with Crippen molar-refractivity contribution in [1.82, 2.24) is 4.86 Å². The topological polar surface area (TPSA) is 138 Å². The molecule has 0 aromatic heterocycles. The second-order valence-electron chi connectivity index (χ2n) is 23.7. The first-order valence-electron chi connectivity index (χ1n) is 33.9. The zero-order chi connectivity index (χ0) is 59.6. The molecule has 11 nitrogen and oxygen atoms in total. The lowest BCUT2D eigenvalue weighted by Crippen LogP contribution is -2.50. The van der Waals surface area contributed by atoms with Crippen molar-refractivity contribution in [2.75, 3.05) is 105 Å². The third-order valence-electron chi connectivity index (χ3n) is 16.0. The third-order valence-corrected chi connectivity index (χ3v) is 18.0. The van der Waals surface area contributed by atoms with E-state index in [1.807, 2.05) is 0 Å². The first-order chi connectivity index (χ1) is 36.7. The maximum atomic E-state index is 9.44. The van der Waals surface area contributed by atoms with Gasteiger partial charge in [0, 0.05) is 15.5 Å². The molecule has 0 atom stereocenters. The Labute approximate surface area is 485 Å². The molecule has 1 N–H and O–H groups in total. The van der Waals surface area contributed by atoms with Gasteiger partial charge in [-0.1, -0.05) is 214 Å². The van der Waals surface area contributed by atoms with Crippen LogP contribution in [0.15, 0.2) is 0 Å². The van der Waals surface area contributed by atoms with Crippen LogP contribution in [0, 0.1) is 0 Å². The third kappa shape index (κ3) is 56.4. The number of rotatable bonds is 50. The molecule has 0 amide bonds. The average molecular weight is 1140 g/mol. The van der Waals surface area contributed by atoms with Gasteiger partial charge in [0.15, 0.2) is 0 Å². The molecular formula is C64H145N5O6P2. The van der Waals surface area contributed by atoms with Crippen LogP contribution in [-0.4, -0.2) is 123 Å². The Morgan fingerprint density at radius 3 is 0.325 bits per heavy atom. The SMILES string of the molecule is CCCC[N+](CCCC)(CCCC)CCCC.CCCC[N+](CCCC)(CCCC)CCCC.CCCC[N+](CCCC)(CCCC)CCCC.CCCC[N+](CCCC)(CCCC)CCCC.O=P([O-])([O-])NP(=O)([O-])[O-]. The molecule has 0 spiro atoms. The molecule has 0 aliphatic rings. The van der Waals surface area contributed by atoms with Crippen LogP contribution in [0.5, 0.6) is 0 Å². The first kappa shape index (κ1) is 85.9. The summed E-state index contributed by atoms with van der Waals surface area (Å²) in [4.78, 5) is 38.1. The Balaban J connectivity index is -0.000000284. The minimum Gasteiger partial charge on any atom is -0.799 e. The number of unbranched alkanes of at least 4 members (excludes halogenated alkanes) is 16. The molecule has 0 fully saturated rings. The minimum absolute atomic E-state index is 0.347. The maximum absolute atomic E-state index is 9.44. The van der Waals surface area contributed by atoms with Gasteiger partial charge < -0.3 is 46.6 Å². The van der Waals surface area contributed by atoms with Gasteiger partial charge in [-0.2, -0.15) is 0 Å². The zero-order valence-corrected chi connectivity index (χ0v) is 57.4. The van der Waals surface area contributed by atoms with Crippen LogP contribution in [0.2, 0.25) is 0 Å². The summed E-state index contributed by atoms with van der Waals surface area (Å²) in [5.74, 6) is 0. The Morgan fingerprint density at radius 2 is 0.286 bits per heavy atom. The van der Waals surface area contributed by atoms with Gasteiger partial charge in [-0.05, 0) is 103 Å². The van der Waals surface area contributed by atoms with E-state index < -0.39 is 15.5 Å². The number of hydrogen-bond donors (Lipinski definition) is 1. The number of nitrogens with one attached hydrogen (secondary N) is 1. The van der Waals surface area contributed by atoms with Crippen molar-refractivity contribution >= 4 is 15.5 Å². The van der Waals surface area contributed by atoms with E-state index in [-0.39, 0.29) is 0 Å². The maximum Gasteiger partial charge on any atom is 0.0786 e. The summed E-state index contributed by atoms with van der Waals surface area (Å²) in [6.45, 7) is 60.1. The molecule has 472 valence electrons. The molecule has 0 aliphatic carbocycles. The molecule has 0 aromatic rings. The standard InChI is InChI=1S/4C16H36N.H5NO6P2/c4*1-5-9-13-17(14-10-6-2,15-11-7-3)16-12-8-4;2-8(3,4)1-9(5,6)7/h4*5-16H2,1-4H3;(H5,1,2,3,4,5,6,7)/q4*+1;/p-4. The largest absolute Gasteiger partial charge is 0.799 e. The van der Waals surface area contributed by atoms with Crippen molar-refractivity contribution in [3.63, 3.8) is 0 Å². The predicted molar refractivity (Wildman–Crippen MR) is 336 cm³/mol. The van der Waals surface area contributed by atoms with E-state index in [1.54, 1.807) is 0 Å². The van der Waals surface area contributed by atoms with E-state index in [0.29, 0.717) is 4.86 Å². The van der Waals surface area contributed by atoms with E-state index in [9.17, 15) is 28.7 Å². The summed E-state index contributed by atoms with van der Waals surface area (Å²) in [5.41, 5.74) is 0. The highest BCUT2D eigenvalue weighted by Gasteiger charge is 2.28. The Hall–Kier alpha value is 0.100. The van der Waals surface area contributed by atoms with Gasteiger partial charge in [0.25, 0.3) is 0 Å². The molecule has 0 rings (SSSR count). The lowest BCUT2D eigenvalue weighted by molar-refractivity contribution is -0.929. The van der Waals surface area contributed by atoms with Crippen molar-refractivity contribution < 1.29 is 46.6 Å². The summed E-state index contributed by atoms with van der Waals surface area (Å²) in [7, 11) is -10.9. The van der Waals surface area contributed by atoms with Crippen LogP contribution in [0.3, 0.4) is 0 Å². The van der Waals surface area contributed by atoms with Crippen molar-refractivity contribution in [3.05, 3.63) is 0 Å². The van der Waals surface area contributed by atoms with Crippen molar-refractivity contribution in [2.45, 2.75) is 316 Å². The molecule has 0 heterocycles. The summed E-state index contributed by atoms with van der Waals surface area (Å²) in [6.07, 6.45) is 44.2. The van der Waals surface area contributed by atoms with Crippen LogP contribution in [0.1, 0.15) is 316 Å². The summed E-state index contributed by atoms with van der Waals surface area (Å²) in [6, 6.07) is 0. The highest BCUT2D eigenvalue weighted by Crippen LogP contribution is 2.31. The number of quaternary nitrogens is 4. The van der Waals surface area contributed by atoms with Crippen molar-refractivity contribution in [1.29, 1.82) is 0 Å². The summed E-state index contributed by atoms with van der Waals surface area (Å²) >= 11 is 0. The molecule has 77 heavy (non-hydrogen) atoms. The Morgan fingerprint density at radius 1 is 0.208 bits per heavy atom. The van der Waals surface area contributed by atoms with Gasteiger partial charge in [-0.15, -0.1) is 0 Å². The van der Waals surface area contributed by atoms with Gasteiger partial charge in [-0.25, -0.2) is 0 Å². The monoisotopic (exact) mass is 1140 g/mol. The second kappa shape index (κ2) is 59.3. The smallest absolute Gasteiger partial charge is 0.0786 e. The Kier molecular flexibility index (Phi) is 66.1. The van der Waals surface area contributed by atoms with Crippen molar-refractivity contribution in [3.8, 4) is 0 Å². The fraction of sp³-hybridized carbons (Fsp3) is 1.00. The Bertz CT molecular complexity index is 940. The van der Waals surface area contributed by atoms with Crippen LogP contribution in [-0.2, 0) is 9.13 Å². The number of hydrogen-bond acceptors (Lipinski definition) is 6. The van der Waals surface area contributed by atoms with E-state index in [2.05, 4.69) is 111 Å². The second-order valence-corrected chi connectivity index (χ2v) is 26.5. The molecule has 0 bridgehead atoms. The van der Waals surface area contributed by atoms with E-state index in [0.717, 1.165) is 0 Å². The van der Waals surface area contributed by atoms with Crippen molar-refractivity contribution in [2.24, 2.45) is 0 Å². The average Bonchev–Trinajstić information content (AvgIpc) is 3.41. The molecule has 0 unspecified atom stereocenters. The predicted octanol–water partition coefficient (Wildman–Crippen LogP) is 16.2. The van der Waals surface area contributed by atoms with Crippen LogP contribution < -0.4 is 24.4 Å². The van der Waals surface area contributed by atoms with E-state index >= 15 is 0 Å².